The number of aromatic nitrogens is 3. The smallest absolute Gasteiger partial charge is 0.409 e. The predicted molar refractivity (Wildman–Crippen MR) is 114 cm³/mol. The molecule has 1 aromatic heterocycles. The molecule has 1 aromatic carbocycles. The highest BCUT2D eigenvalue weighted by atomic mass is 16.6. The van der Waals surface area contributed by atoms with E-state index in [1.165, 1.54) is 11.1 Å². The van der Waals surface area contributed by atoms with Crippen molar-refractivity contribution in [3.63, 3.8) is 0 Å². The molecular weight excluding hydrogens is 368 g/mol. The molecule has 2 N–H and O–H groups in total. The number of nitrogens with one attached hydrogen (secondary N) is 2. The molecule has 1 aliphatic heterocycles. The Morgan fingerprint density at radius 1 is 1.17 bits per heavy atom. The molecule has 2 heterocycles. The molecule has 1 fully saturated rings. The van der Waals surface area contributed by atoms with Crippen LogP contribution in [0.5, 0.6) is 0 Å². The second-order valence-electron chi connectivity index (χ2n) is 7.05. The van der Waals surface area contributed by atoms with Crippen LogP contribution in [0.25, 0.3) is 0 Å². The molecule has 29 heavy (non-hydrogen) atoms. The summed E-state index contributed by atoms with van der Waals surface area (Å²) >= 11 is 0. The molecule has 0 bridgehead atoms. The van der Waals surface area contributed by atoms with Crippen LogP contribution in [-0.2, 0) is 17.6 Å². The Hall–Kier alpha value is -2.90. The van der Waals surface area contributed by atoms with Gasteiger partial charge in [0, 0.05) is 24.8 Å². The lowest BCUT2D eigenvalue weighted by atomic mass is 10.0. The van der Waals surface area contributed by atoms with E-state index in [2.05, 4.69) is 57.9 Å². The van der Waals surface area contributed by atoms with Gasteiger partial charge in [0.2, 0.25) is 5.95 Å². The van der Waals surface area contributed by atoms with E-state index >= 15 is 0 Å². The van der Waals surface area contributed by atoms with Crippen molar-refractivity contribution in [3.05, 3.63) is 35.5 Å². The van der Waals surface area contributed by atoms with Crippen LogP contribution < -0.4 is 10.6 Å². The third-order valence-electron chi connectivity index (χ3n) is 5.16. The summed E-state index contributed by atoms with van der Waals surface area (Å²) in [4.78, 5) is 18.2. The summed E-state index contributed by atoms with van der Waals surface area (Å²) in [5.74, 6) is 1.17. The van der Waals surface area contributed by atoms with Crippen LogP contribution in [0.15, 0.2) is 24.4 Å². The molecule has 0 aliphatic carbocycles. The molecule has 156 valence electrons. The van der Waals surface area contributed by atoms with Gasteiger partial charge in [0.1, 0.15) is 0 Å². The quantitative estimate of drug-likeness (QED) is 0.733. The lowest BCUT2D eigenvalue weighted by Crippen LogP contribution is -2.42. The van der Waals surface area contributed by atoms with E-state index in [0.717, 1.165) is 31.4 Å². The number of likely N-dealkylation sites (tertiary alicyclic amines) is 1. The van der Waals surface area contributed by atoms with Crippen LogP contribution in [-0.4, -0.2) is 51.9 Å². The highest BCUT2D eigenvalue weighted by Gasteiger charge is 2.24. The average molecular weight is 399 g/mol. The number of para-hydroxylation sites is 1. The number of rotatable bonds is 7. The van der Waals surface area contributed by atoms with Gasteiger partial charge in [-0.1, -0.05) is 32.0 Å². The minimum Gasteiger partial charge on any atom is -0.450 e. The van der Waals surface area contributed by atoms with E-state index < -0.39 is 0 Å². The Balaban J connectivity index is 1.63. The average Bonchev–Trinajstić information content (AvgIpc) is 2.75. The maximum Gasteiger partial charge on any atom is 0.409 e. The van der Waals surface area contributed by atoms with Crippen LogP contribution in [0, 0.1) is 0 Å². The normalized spacial score (nSPS) is 14.5. The molecule has 8 nitrogen and oxygen atoms in total. The summed E-state index contributed by atoms with van der Waals surface area (Å²) in [6.07, 6.45) is 4.92. The molecule has 3 rings (SSSR count). The van der Waals surface area contributed by atoms with E-state index in [0.29, 0.717) is 31.5 Å². The first kappa shape index (κ1) is 20.8. The van der Waals surface area contributed by atoms with Crippen LogP contribution in [0.3, 0.4) is 0 Å². The molecule has 0 saturated carbocycles. The number of aryl methyl sites for hydroxylation is 2. The lowest BCUT2D eigenvalue weighted by Gasteiger charge is -2.31. The second-order valence-corrected chi connectivity index (χ2v) is 7.05. The number of amides is 1. The van der Waals surface area contributed by atoms with Crippen LogP contribution >= 0.6 is 0 Å². The second kappa shape index (κ2) is 10.0. The fraction of sp³-hybridized carbons (Fsp3) is 0.524. The summed E-state index contributed by atoms with van der Waals surface area (Å²) in [6, 6.07) is 6.56. The van der Waals surface area contributed by atoms with E-state index in [9.17, 15) is 4.79 Å². The van der Waals surface area contributed by atoms with Gasteiger partial charge in [-0.25, -0.2) is 4.79 Å². The van der Waals surface area contributed by atoms with Gasteiger partial charge in [0.05, 0.1) is 12.8 Å². The van der Waals surface area contributed by atoms with E-state index in [4.69, 9.17) is 4.74 Å². The highest BCUT2D eigenvalue weighted by Crippen LogP contribution is 2.26. The fourth-order valence-electron chi connectivity index (χ4n) is 3.56. The standard InChI is InChI=1S/C21H30N6O2/c1-4-15-8-7-9-16(5-2)19(15)24-18-14-22-26-20(25-18)23-17-10-12-27(13-11-17)21(28)29-6-3/h7-9,14,17H,4-6,10-13H2,1-3H3,(H2,23,24,25,26). The molecular formula is C21H30N6O2. The largest absolute Gasteiger partial charge is 0.450 e. The zero-order chi connectivity index (χ0) is 20.6. The zero-order valence-electron chi connectivity index (χ0n) is 17.4. The van der Waals surface area contributed by atoms with Gasteiger partial charge in [-0.2, -0.15) is 10.1 Å². The third kappa shape index (κ3) is 5.34. The van der Waals surface area contributed by atoms with Crippen molar-refractivity contribution in [1.29, 1.82) is 0 Å². The maximum atomic E-state index is 11.8. The number of hydrogen-bond donors (Lipinski definition) is 2. The first-order valence-electron chi connectivity index (χ1n) is 10.4. The molecule has 1 saturated heterocycles. The Bertz CT molecular complexity index is 798. The van der Waals surface area contributed by atoms with Gasteiger partial charge in [-0.15, -0.1) is 5.10 Å². The summed E-state index contributed by atoms with van der Waals surface area (Å²) in [5, 5.41) is 15.0. The van der Waals surface area contributed by atoms with Gasteiger partial charge in [0.15, 0.2) is 5.82 Å². The molecule has 0 unspecified atom stereocenters. The van der Waals surface area contributed by atoms with E-state index in [1.807, 2.05) is 6.92 Å². The number of hydrogen-bond acceptors (Lipinski definition) is 7. The lowest BCUT2D eigenvalue weighted by molar-refractivity contribution is 0.0983. The summed E-state index contributed by atoms with van der Waals surface area (Å²) < 4.78 is 5.07. The fourth-order valence-corrected chi connectivity index (χ4v) is 3.56. The number of carbonyl (C=O) groups is 1. The van der Waals surface area contributed by atoms with E-state index in [1.54, 1.807) is 11.1 Å². The number of piperidine rings is 1. The van der Waals surface area contributed by atoms with Crippen LogP contribution in [0.2, 0.25) is 0 Å². The zero-order valence-corrected chi connectivity index (χ0v) is 17.4. The minimum absolute atomic E-state index is 0.201. The van der Waals surface area contributed by atoms with Crippen molar-refractivity contribution in [3.8, 4) is 0 Å². The Kier molecular flexibility index (Phi) is 7.21. The molecule has 1 amide bonds. The minimum atomic E-state index is -0.239. The number of ether oxygens (including phenoxy) is 1. The number of benzene rings is 1. The van der Waals surface area contributed by atoms with Gasteiger partial charge < -0.3 is 20.3 Å². The van der Waals surface area contributed by atoms with Crippen LogP contribution in [0.4, 0.5) is 22.2 Å². The maximum absolute atomic E-state index is 11.8. The topological polar surface area (TPSA) is 92.3 Å². The third-order valence-corrected chi connectivity index (χ3v) is 5.16. The van der Waals surface area contributed by atoms with Crippen molar-refractivity contribution in [1.82, 2.24) is 20.1 Å². The molecule has 1 aliphatic rings. The van der Waals surface area contributed by atoms with Crippen molar-refractivity contribution in [2.75, 3.05) is 30.3 Å². The van der Waals surface area contributed by atoms with Gasteiger partial charge in [-0.05, 0) is 43.7 Å². The number of carbonyl (C=O) groups excluding carboxylic acids is 1. The Morgan fingerprint density at radius 2 is 1.86 bits per heavy atom. The summed E-state index contributed by atoms with van der Waals surface area (Å²) in [5.41, 5.74) is 3.61. The SMILES string of the molecule is CCOC(=O)N1CCC(Nc2nncc(Nc3c(CC)cccc3CC)n2)CC1. The highest BCUT2D eigenvalue weighted by molar-refractivity contribution is 5.67. The molecule has 0 atom stereocenters. The van der Waals surface area contributed by atoms with Gasteiger partial charge in [0.25, 0.3) is 0 Å². The van der Waals surface area contributed by atoms with Gasteiger partial charge >= 0.3 is 6.09 Å². The van der Waals surface area contributed by atoms with Crippen LogP contribution in [0.1, 0.15) is 44.7 Å². The van der Waals surface area contributed by atoms with Crippen molar-refractivity contribution >= 4 is 23.5 Å². The van der Waals surface area contributed by atoms with Crippen molar-refractivity contribution < 1.29 is 9.53 Å². The number of anilines is 3. The van der Waals surface area contributed by atoms with Gasteiger partial charge in [-0.3, -0.25) is 0 Å². The first-order valence-corrected chi connectivity index (χ1v) is 10.4. The first-order chi connectivity index (χ1) is 14.1. The summed E-state index contributed by atoms with van der Waals surface area (Å²) in [6.45, 7) is 7.83. The summed E-state index contributed by atoms with van der Waals surface area (Å²) in [7, 11) is 0. The number of nitrogens with zero attached hydrogens (tertiary/aromatic N) is 4. The predicted octanol–water partition coefficient (Wildman–Crippen LogP) is 3.77. The van der Waals surface area contributed by atoms with Crippen molar-refractivity contribution in [2.24, 2.45) is 0 Å². The monoisotopic (exact) mass is 398 g/mol. The molecule has 8 heteroatoms. The Labute approximate surface area is 172 Å². The van der Waals surface area contributed by atoms with Crippen molar-refractivity contribution in [2.45, 2.75) is 52.5 Å². The van der Waals surface area contributed by atoms with E-state index in [-0.39, 0.29) is 12.1 Å². The Morgan fingerprint density at radius 3 is 2.48 bits per heavy atom. The molecule has 2 aromatic rings. The molecule has 0 radical (unpaired) electrons. The molecule has 0 spiro atoms.